The lowest BCUT2D eigenvalue weighted by molar-refractivity contribution is 0.0980. The number of aryl methyl sites for hydroxylation is 1. The van der Waals surface area contributed by atoms with E-state index in [9.17, 15) is 25.2 Å². The molecule has 0 radical (unpaired) electrons. The van der Waals surface area contributed by atoms with E-state index < -0.39 is 0 Å². The Kier molecular flexibility index (Phi) is 8.10. The first-order chi connectivity index (χ1) is 14.2. The van der Waals surface area contributed by atoms with Crippen molar-refractivity contribution >= 4 is 5.78 Å². The zero-order valence-corrected chi connectivity index (χ0v) is 17.8. The van der Waals surface area contributed by atoms with Gasteiger partial charge in [0.05, 0.1) is 5.56 Å². The van der Waals surface area contributed by atoms with E-state index in [2.05, 4.69) is 19.9 Å². The van der Waals surface area contributed by atoms with Gasteiger partial charge in [0.2, 0.25) is 0 Å². The molecule has 0 saturated carbocycles. The summed E-state index contributed by atoms with van der Waals surface area (Å²) in [5.41, 5.74) is 3.98. The molecule has 0 aliphatic carbocycles. The number of rotatable bonds is 9. The van der Waals surface area contributed by atoms with Crippen molar-refractivity contribution in [3.05, 3.63) is 70.3 Å². The Hall–Kier alpha value is -3.21. The third-order valence-electron chi connectivity index (χ3n) is 5.01. The Bertz CT molecular complexity index is 966. The average molecular weight is 411 g/mol. The lowest BCUT2D eigenvalue weighted by Gasteiger charge is -2.12. The van der Waals surface area contributed by atoms with Crippen LogP contribution >= 0.6 is 0 Å². The number of Topliss-reactive ketones (excluding diaryl/α,β-unsaturated/α-hetero) is 1. The van der Waals surface area contributed by atoms with E-state index >= 15 is 0 Å². The maximum Gasteiger partial charge on any atom is 0.166 e. The minimum atomic E-state index is -0.264. The number of carbonyl (C=O) groups is 1. The van der Waals surface area contributed by atoms with Crippen LogP contribution in [0, 0.1) is 0 Å². The van der Waals surface area contributed by atoms with Crippen molar-refractivity contribution in [2.45, 2.75) is 52.9 Å². The van der Waals surface area contributed by atoms with Crippen LogP contribution in [0.25, 0.3) is 0 Å². The molecule has 0 spiro atoms. The number of hydrogen-bond donors (Lipinski definition) is 4. The number of phenolic OH excluding ortho intramolecular Hbond substituents is 4. The van der Waals surface area contributed by atoms with Crippen molar-refractivity contribution in [2.24, 2.45) is 0 Å². The lowest BCUT2D eigenvalue weighted by atomic mass is 9.95. The number of phenols is 4. The summed E-state index contributed by atoms with van der Waals surface area (Å²) in [7, 11) is 0. The van der Waals surface area contributed by atoms with Crippen molar-refractivity contribution in [1.82, 2.24) is 0 Å². The van der Waals surface area contributed by atoms with Crippen LogP contribution in [0.3, 0.4) is 0 Å². The van der Waals surface area contributed by atoms with Crippen LogP contribution in [0.2, 0.25) is 0 Å². The van der Waals surface area contributed by atoms with Crippen LogP contribution in [-0.2, 0) is 12.8 Å². The molecule has 0 aliphatic heterocycles. The first kappa shape index (κ1) is 23.1. The van der Waals surface area contributed by atoms with Gasteiger partial charge in [0.25, 0.3) is 0 Å². The third-order valence-corrected chi connectivity index (χ3v) is 5.01. The van der Waals surface area contributed by atoms with Crippen molar-refractivity contribution in [3.8, 4) is 23.0 Å². The predicted molar refractivity (Wildman–Crippen MR) is 118 cm³/mol. The molecule has 0 bridgehead atoms. The fourth-order valence-corrected chi connectivity index (χ4v) is 3.23. The van der Waals surface area contributed by atoms with E-state index in [4.69, 9.17) is 0 Å². The van der Waals surface area contributed by atoms with Gasteiger partial charge in [-0.1, -0.05) is 29.4 Å². The van der Waals surface area contributed by atoms with Gasteiger partial charge in [-0.15, -0.1) is 0 Å². The Morgan fingerprint density at radius 2 is 1.63 bits per heavy atom. The number of benzene rings is 2. The summed E-state index contributed by atoms with van der Waals surface area (Å²) in [6, 6.07) is 7.00. The number of allylic oxidation sites excluding steroid dienone is 4. The standard InChI is InChI=1S/C25H30O5/c1-16(2)5-4-6-17(3)7-11-20-18(9-14-23(28)25(20)30)8-13-22(27)21-12-10-19(26)15-24(21)29/h5,7,9-10,12,14-15,26,28-30H,4,6,8,11,13H2,1-3H3/b17-7-. The molecule has 30 heavy (non-hydrogen) atoms. The molecule has 4 N–H and O–H groups in total. The van der Waals surface area contributed by atoms with Gasteiger partial charge in [-0.05, 0) is 70.2 Å². The largest absolute Gasteiger partial charge is 0.508 e. The van der Waals surface area contributed by atoms with E-state index in [-0.39, 0.29) is 40.8 Å². The highest BCUT2D eigenvalue weighted by molar-refractivity contribution is 5.98. The molecule has 2 aromatic rings. The minimum absolute atomic E-state index is 0.110. The number of ketones is 1. The second-order valence-corrected chi connectivity index (χ2v) is 7.77. The molecule has 0 aliphatic rings. The molecule has 0 fully saturated rings. The van der Waals surface area contributed by atoms with Crippen LogP contribution in [0.5, 0.6) is 23.0 Å². The first-order valence-electron chi connectivity index (χ1n) is 10.1. The van der Waals surface area contributed by atoms with Gasteiger partial charge in [-0.2, -0.15) is 0 Å². The molecule has 2 rings (SSSR count). The zero-order chi connectivity index (χ0) is 22.3. The fourth-order valence-electron chi connectivity index (χ4n) is 3.23. The average Bonchev–Trinajstić information content (AvgIpc) is 2.67. The van der Waals surface area contributed by atoms with Gasteiger partial charge < -0.3 is 20.4 Å². The van der Waals surface area contributed by atoms with Gasteiger partial charge in [-0.25, -0.2) is 0 Å². The van der Waals surface area contributed by atoms with Crippen LogP contribution in [0.15, 0.2) is 53.6 Å². The molecule has 0 aromatic heterocycles. The highest BCUT2D eigenvalue weighted by atomic mass is 16.3. The monoisotopic (exact) mass is 410 g/mol. The van der Waals surface area contributed by atoms with E-state index in [1.165, 1.54) is 29.3 Å². The zero-order valence-electron chi connectivity index (χ0n) is 17.8. The third kappa shape index (κ3) is 6.41. The minimum Gasteiger partial charge on any atom is -0.508 e. The maximum atomic E-state index is 12.5. The summed E-state index contributed by atoms with van der Waals surface area (Å²) in [5, 5.41) is 39.5. The Morgan fingerprint density at radius 1 is 0.900 bits per heavy atom. The molecule has 0 unspecified atom stereocenters. The SMILES string of the molecule is CC(C)=CCC/C(C)=C\Cc1c(CCC(=O)c2ccc(O)cc2O)ccc(O)c1O. The molecular formula is C25H30O5. The second-order valence-electron chi connectivity index (χ2n) is 7.77. The van der Waals surface area contributed by atoms with E-state index in [0.29, 0.717) is 18.4 Å². The van der Waals surface area contributed by atoms with Gasteiger partial charge in [-0.3, -0.25) is 4.79 Å². The summed E-state index contributed by atoms with van der Waals surface area (Å²) in [6.07, 6.45) is 7.01. The summed E-state index contributed by atoms with van der Waals surface area (Å²) in [5.74, 6) is -0.989. The summed E-state index contributed by atoms with van der Waals surface area (Å²) in [4.78, 5) is 12.5. The molecule has 5 heteroatoms. The van der Waals surface area contributed by atoms with Crippen molar-refractivity contribution in [2.75, 3.05) is 0 Å². The van der Waals surface area contributed by atoms with Gasteiger partial charge in [0.1, 0.15) is 11.5 Å². The molecular weight excluding hydrogens is 380 g/mol. The van der Waals surface area contributed by atoms with E-state index in [1.807, 2.05) is 13.0 Å². The van der Waals surface area contributed by atoms with Crippen molar-refractivity contribution in [3.63, 3.8) is 0 Å². The topological polar surface area (TPSA) is 98.0 Å². The highest BCUT2D eigenvalue weighted by Gasteiger charge is 2.15. The van der Waals surface area contributed by atoms with Crippen molar-refractivity contribution < 1.29 is 25.2 Å². The summed E-state index contributed by atoms with van der Waals surface area (Å²) in [6.45, 7) is 6.17. The number of carbonyl (C=O) groups excluding carboxylic acids is 1. The van der Waals surface area contributed by atoms with Gasteiger partial charge in [0.15, 0.2) is 17.3 Å². The van der Waals surface area contributed by atoms with E-state index in [1.54, 1.807) is 6.07 Å². The normalized spacial score (nSPS) is 11.4. The second kappa shape index (κ2) is 10.5. The van der Waals surface area contributed by atoms with Crippen LogP contribution in [-0.4, -0.2) is 26.2 Å². The molecule has 0 atom stereocenters. The fraction of sp³-hybridized carbons (Fsp3) is 0.320. The molecule has 5 nitrogen and oxygen atoms in total. The Labute approximate surface area is 177 Å². The Balaban J connectivity index is 2.14. The van der Waals surface area contributed by atoms with Gasteiger partial charge in [0, 0.05) is 18.1 Å². The van der Waals surface area contributed by atoms with Crippen LogP contribution in [0.1, 0.15) is 61.5 Å². The number of hydrogen-bond acceptors (Lipinski definition) is 5. The highest BCUT2D eigenvalue weighted by Crippen LogP contribution is 2.33. The first-order valence-corrected chi connectivity index (χ1v) is 10.1. The smallest absolute Gasteiger partial charge is 0.166 e. The predicted octanol–water partition coefficient (Wildman–Crippen LogP) is 5.56. The molecule has 0 saturated heterocycles. The quantitative estimate of drug-likeness (QED) is 0.246. The van der Waals surface area contributed by atoms with Gasteiger partial charge >= 0.3 is 0 Å². The summed E-state index contributed by atoms with van der Waals surface area (Å²) < 4.78 is 0. The molecule has 160 valence electrons. The number of aromatic hydroxyl groups is 4. The molecule has 2 aromatic carbocycles. The van der Waals surface area contributed by atoms with Crippen LogP contribution < -0.4 is 0 Å². The summed E-state index contributed by atoms with van der Waals surface area (Å²) >= 11 is 0. The molecule has 0 amide bonds. The Morgan fingerprint density at radius 3 is 2.30 bits per heavy atom. The van der Waals surface area contributed by atoms with Crippen molar-refractivity contribution in [1.29, 1.82) is 0 Å². The maximum absolute atomic E-state index is 12.5. The molecule has 0 heterocycles. The lowest BCUT2D eigenvalue weighted by Crippen LogP contribution is -2.03. The van der Waals surface area contributed by atoms with Crippen LogP contribution in [0.4, 0.5) is 0 Å². The van der Waals surface area contributed by atoms with E-state index in [0.717, 1.165) is 24.5 Å².